The van der Waals surface area contributed by atoms with Gasteiger partial charge in [0.2, 0.25) is 23.5 Å². The smallest absolute Gasteiger partial charge is 0.247 e. The second-order valence-corrected chi connectivity index (χ2v) is 5.55. The fourth-order valence-electron chi connectivity index (χ4n) is 2.44. The van der Waals surface area contributed by atoms with Crippen molar-refractivity contribution < 1.29 is 22.5 Å². The first-order valence-electron chi connectivity index (χ1n) is 7.87. The monoisotopic (exact) mass is 370 g/mol. The summed E-state index contributed by atoms with van der Waals surface area (Å²) in [6, 6.07) is 10.2. The molecule has 0 saturated heterocycles. The van der Waals surface area contributed by atoms with Crippen LogP contribution in [0.3, 0.4) is 0 Å². The Morgan fingerprint density at radius 1 is 1.00 bits per heavy atom. The van der Waals surface area contributed by atoms with Crippen LogP contribution >= 0.6 is 0 Å². The van der Waals surface area contributed by atoms with E-state index in [0.717, 1.165) is 0 Å². The van der Waals surface area contributed by atoms with Gasteiger partial charge in [-0.25, -0.2) is 8.78 Å². The fourth-order valence-corrected chi connectivity index (χ4v) is 2.44. The second kappa shape index (κ2) is 6.94. The first-order chi connectivity index (χ1) is 13.1. The standard InChI is InChI=1S/C18H12F2N4O3/c1-25-14-6-5-10(8-13(14)20)17-21-15(27-24-17)9-16-22-23-18(26-16)11-3-2-4-12(19)7-11/h2-8H,9H2,1H3. The van der Waals surface area contributed by atoms with Gasteiger partial charge in [0.1, 0.15) is 12.2 Å². The molecule has 4 aromatic rings. The van der Waals surface area contributed by atoms with Crippen molar-refractivity contribution in [2.75, 3.05) is 7.11 Å². The number of halogens is 2. The Labute approximate surface area is 151 Å². The zero-order valence-electron chi connectivity index (χ0n) is 14.0. The Bertz CT molecular complexity index is 1090. The molecular weight excluding hydrogens is 358 g/mol. The number of nitrogens with zero attached hydrogens (tertiary/aromatic N) is 4. The molecule has 0 spiro atoms. The maximum atomic E-state index is 13.8. The van der Waals surface area contributed by atoms with Crippen molar-refractivity contribution in [3.8, 4) is 28.6 Å². The summed E-state index contributed by atoms with van der Waals surface area (Å²) in [6.07, 6.45) is 0.0912. The number of hydrogen-bond donors (Lipinski definition) is 0. The molecule has 0 saturated carbocycles. The number of ether oxygens (including phenoxy) is 1. The van der Waals surface area contributed by atoms with Crippen LogP contribution in [-0.4, -0.2) is 27.4 Å². The number of aromatic nitrogens is 4. The van der Waals surface area contributed by atoms with E-state index < -0.39 is 11.6 Å². The van der Waals surface area contributed by atoms with Gasteiger partial charge in [0.15, 0.2) is 11.6 Å². The molecule has 2 aromatic carbocycles. The lowest BCUT2D eigenvalue weighted by molar-refractivity contribution is 0.373. The predicted octanol–water partition coefficient (Wildman–Crippen LogP) is 3.66. The van der Waals surface area contributed by atoms with E-state index in [4.69, 9.17) is 13.7 Å². The van der Waals surface area contributed by atoms with Gasteiger partial charge >= 0.3 is 0 Å². The maximum absolute atomic E-state index is 13.8. The largest absolute Gasteiger partial charge is 0.494 e. The number of rotatable bonds is 5. The molecule has 0 amide bonds. The highest BCUT2D eigenvalue weighted by Crippen LogP contribution is 2.24. The van der Waals surface area contributed by atoms with Crippen LogP contribution in [0.2, 0.25) is 0 Å². The summed E-state index contributed by atoms with van der Waals surface area (Å²) in [4.78, 5) is 4.20. The minimum absolute atomic E-state index is 0.0912. The molecule has 0 unspecified atom stereocenters. The van der Waals surface area contributed by atoms with E-state index in [-0.39, 0.29) is 35.7 Å². The highest BCUT2D eigenvalue weighted by molar-refractivity contribution is 5.56. The highest BCUT2D eigenvalue weighted by atomic mass is 19.1. The number of hydrogen-bond acceptors (Lipinski definition) is 7. The lowest BCUT2D eigenvalue weighted by atomic mass is 10.2. The molecule has 2 heterocycles. The Kier molecular flexibility index (Phi) is 4.33. The van der Waals surface area contributed by atoms with Crippen LogP contribution in [0.25, 0.3) is 22.8 Å². The predicted molar refractivity (Wildman–Crippen MR) is 88.7 cm³/mol. The molecule has 0 fully saturated rings. The van der Waals surface area contributed by atoms with E-state index in [9.17, 15) is 8.78 Å². The summed E-state index contributed by atoms with van der Waals surface area (Å²) < 4.78 is 42.6. The molecule has 0 bridgehead atoms. The summed E-state index contributed by atoms with van der Waals surface area (Å²) in [5.41, 5.74) is 0.906. The van der Waals surface area contributed by atoms with Crippen molar-refractivity contribution in [2.24, 2.45) is 0 Å². The minimum Gasteiger partial charge on any atom is -0.494 e. The van der Waals surface area contributed by atoms with E-state index >= 15 is 0 Å². The van der Waals surface area contributed by atoms with Gasteiger partial charge in [0.25, 0.3) is 0 Å². The summed E-state index contributed by atoms with van der Waals surface area (Å²) in [7, 11) is 1.38. The topological polar surface area (TPSA) is 87.1 Å². The molecule has 27 heavy (non-hydrogen) atoms. The molecule has 0 aliphatic carbocycles. The van der Waals surface area contributed by atoms with Gasteiger partial charge in [0.05, 0.1) is 7.11 Å². The lowest BCUT2D eigenvalue weighted by Gasteiger charge is -2.01. The third-order valence-corrected chi connectivity index (χ3v) is 3.72. The summed E-state index contributed by atoms with van der Waals surface area (Å²) >= 11 is 0. The van der Waals surface area contributed by atoms with Crippen LogP contribution in [0, 0.1) is 11.6 Å². The van der Waals surface area contributed by atoms with Gasteiger partial charge in [-0.15, -0.1) is 10.2 Å². The van der Waals surface area contributed by atoms with Crippen molar-refractivity contribution >= 4 is 0 Å². The van der Waals surface area contributed by atoms with Crippen molar-refractivity contribution in [3.63, 3.8) is 0 Å². The molecule has 136 valence electrons. The van der Waals surface area contributed by atoms with E-state index in [2.05, 4.69) is 20.3 Å². The van der Waals surface area contributed by atoms with Crippen molar-refractivity contribution in [2.45, 2.75) is 6.42 Å². The normalized spacial score (nSPS) is 10.9. The van der Waals surface area contributed by atoms with Crippen molar-refractivity contribution in [1.29, 1.82) is 0 Å². The van der Waals surface area contributed by atoms with E-state index in [1.54, 1.807) is 18.2 Å². The van der Waals surface area contributed by atoms with Gasteiger partial charge in [-0.3, -0.25) is 0 Å². The minimum atomic E-state index is -0.530. The molecule has 0 radical (unpaired) electrons. The van der Waals surface area contributed by atoms with Crippen LogP contribution in [0.1, 0.15) is 11.8 Å². The maximum Gasteiger partial charge on any atom is 0.247 e. The molecule has 0 aliphatic rings. The molecule has 9 heteroatoms. The molecule has 2 aromatic heterocycles. The van der Waals surface area contributed by atoms with E-state index in [1.165, 1.54) is 31.4 Å². The molecule has 4 rings (SSSR count). The first-order valence-corrected chi connectivity index (χ1v) is 7.87. The molecular formula is C18H12F2N4O3. The van der Waals surface area contributed by atoms with Crippen LogP contribution in [-0.2, 0) is 6.42 Å². The van der Waals surface area contributed by atoms with Crippen molar-refractivity contribution in [1.82, 2.24) is 20.3 Å². The molecule has 7 nitrogen and oxygen atoms in total. The average Bonchev–Trinajstić information content (AvgIpc) is 3.32. The third kappa shape index (κ3) is 3.52. The molecule has 0 aliphatic heterocycles. The van der Waals surface area contributed by atoms with Crippen LogP contribution in [0.4, 0.5) is 8.78 Å². The Balaban J connectivity index is 1.52. The summed E-state index contributed by atoms with van der Waals surface area (Å²) in [5, 5.41) is 11.6. The lowest BCUT2D eigenvalue weighted by Crippen LogP contribution is -1.91. The quantitative estimate of drug-likeness (QED) is 0.530. The number of benzene rings is 2. The fraction of sp³-hybridized carbons (Fsp3) is 0.111. The van der Waals surface area contributed by atoms with Gasteiger partial charge < -0.3 is 13.7 Å². The zero-order valence-corrected chi connectivity index (χ0v) is 14.0. The summed E-state index contributed by atoms with van der Waals surface area (Å²) in [6.45, 7) is 0. The van der Waals surface area contributed by atoms with Crippen molar-refractivity contribution in [3.05, 3.63) is 65.9 Å². The SMILES string of the molecule is COc1ccc(-c2noc(Cc3nnc(-c4cccc(F)c4)o3)n2)cc1F. The van der Waals surface area contributed by atoms with Gasteiger partial charge in [-0.05, 0) is 36.4 Å². The van der Waals surface area contributed by atoms with Crippen LogP contribution in [0.5, 0.6) is 5.75 Å². The Morgan fingerprint density at radius 2 is 1.89 bits per heavy atom. The average molecular weight is 370 g/mol. The Hall–Kier alpha value is -3.62. The van der Waals surface area contributed by atoms with Gasteiger partial charge in [-0.2, -0.15) is 4.98 Å². The Morgan fingerprint density at radius 3 is 2.67 bits per heavy atom. The first kappa shape index (κ1) is 16.8. The third-order valence-electron chi connectivity index (χ3n) is 3.72. The van der Waals surface area contributed by atoms with Gasteiger partial charge in [-0.1, -0.05) is 11.2 Å². The summed E-state index contributed by atoms with van der Waals surface area (Å²) in [5.74, 6) is 0.0376. The molecule has 0 N–H and O–H groups in total. The van der Waals surface area contributed by atoms with Crippen LogP contribution < -0.4 is 4.74 Å². The second-order valence-electron chi connectivity index (χ2n) is 5.55. The zero-order chi connectivity index (χ0) is 18.8. The van der Waals surface area contributed by atoms with Gasteiger partial charge in [0, 0.05) is 11.1 Å². The highest BCUT2D eigenvalue weighted by Gasteiger charge is 2.15. The molecule has 0 atom stereocenters. The van der Waals surface area contributed by atoms with E-state index in [1.807, 2.05) is 0 Å². The number of methoxy groups -OCH3 is 1. The van der Waals surface area contributed by atoms with E-state index in [0.29, 0.717) is 11.1 Å². The van der Waals surface area contributed by atoms with Crippen LogP contribution in [0.15, 0.2) is 51.4 Å².